The first kappa shape index (κ1) is 22.3. The molecule has 0 amide bonds. The van der Waals surface area contributed by atoms with Crippen molar-refractivity contribution in [2.24, 2.45) is 0 Å². The van der Waals surface area contributed by atoms with Crippen molar-refractivity contribution in [2.45, 2.75) is 45.8 Å². The van der Waals surface area contributed by atoms with Crippen molar-refractivity contribution in [2.75, 3.05) is 19.8 Å². The lowest BCUT2D eigenvalue weighted by Gasteiger charge is -2.35. The van der Waals surface area contributed by atoms with Crippen molar-refractivity contribution >= 4 is 27.3 Å². The SMILES string of the molecule is CCO[Si](CC(CC)P(c1ccccc1)c1ccccc1)(OCC)OCC. The monoisotopic (exact) mass is 404 g/mol. The third kappa shape index (κ3) is 6.23. The summed E-state index contributed by atoms with van der Waals surface area (Å²) in [5.41, 5.74) is 0.445. The first-order valence-corrected chi connectivity index (χ1v) is 13.3. The fraction of sp³-hybridized carbons (Fsp3) is 0.455. The molecule has 0 radical (unpaired) electrons. The van der Waals surface area contributed by atoms with E-state index in [-0.39, 0.29) is 0 Å². The Morgan fingerprint density at radius 2 is 1.11 bits per heavy atom. The molecule has 0 saturated heterocycles. The molecule has 0 aliphatic rings. The summed E-state index contributed by atoms with van der Waals surface area (Å²) in [5.74, 6) is 0. The van der Waals surface area contributed by atoms with Gasteiger partial charge in [-0.2, -0.15) is 0 Å². The van der Waals surface area contributed by atoms with Gasteiger partial charge < -0.3 is 13.3 Å². The molecule has 1 unspecified atom stereocenters. The van der Waals surface area contributed by atoms with E-state index >= 15 is 0 Å². The summed E-state index contributed by atoms with van der Waals surface area (Å²) in [6, 6.07) is 22.6. The zero-order valence-electron chi connectivity index (χ0n) is 17.1. The van der Waals surface area contributed by atoms with Crippen LogP contribution in [0.4, 0.5) is 0 Å². The minimum Gasteiger partial charge on any atom is -0.374 e. The summed E-state index contributed by atoms with van der Waals surface area (Å²) in [6.45, 7) is 10.2. The Morgan fingerprint density at radius 1 is 0.704 bits per heavy atom. The molecule has 3 nitrogen and oxygen atoms in total. The molecule has 0 bridgehead atoms. The van der Waals surface area contributed by atoms with Crippen LogP contribution in [0, 0.1) is 0 Å². The van der Waals surface area contributed by atoms with Crippen molar-refractivity contribution in [3.05, 3.63) is 60.7 Å². The topological polar surface area (TPSA) is 27.7 Å². The highest BCUT2D eigenvalue weighted by molar-refractivity contribution is 7.73. The van der Waals surface area contributed by atoms with E-state index in [9.17, 15) is 0 Å². The van der Waals surface area contributed by atoms with E-state index in [0.717, 1.165) is 12.5 Å². The number of hydrogen-bond donors (Lipinski definition) is 0. The lowest BCUT2D eigenvalue weighted by molar-refractivity contribution is 0.0711. The quantitative estimate of drug-likeness (QED) is 0.370. The molecule has 0 fully saturated rings. The van der Waals surface area contributed by atoms with Gasteiger partial charge in [-0.05, 0) is 51.4 Å². The average Bonchev–Trinajstić information content (AvgIpc) is 2.70. The Hall–Kier alpha value is -1.03. The van der Waals surface area contributed by atoms with E-state index in [1.807, 2.05) is 20.8 Å². The van der Waals surface area contributed by atoms with Gasteiger partial charge in [-0.1, -0.05) is 67.6 Å². The summed E-state index contributed by atoms with van der Waals surface area (Å²) >= 11 is 0. The van der Waals surface area contributed by atoms with Crippen LogP contribution in [0.15, 0.2) is 60.7 Å². The predicted octanol–water partition coefficient (Wildman–Crippen LogP) is 4.95. The van der Waals surface area contributed by atoms with Crippen LogP contribution < -0.4 is 10.6 Å². The smallest absolute Gasteiger partial charge is 0.374 e. The van der Waals surface area contributed by atoms with Crippen LogP contribution in [0.5, 0.6) is 0 Å². The standard InChI is InChI=1S/C22H33O3PSi/c1-5-20(19-27(23-6-2,24-7-3)25-8-4)26(21-15-11-9-12-16-21)22-17-13-10-14-18-22/h9-18,20H,5-8,19H2,1-4H3. The first-order valence-electron chi connectivity index (χ1n) is 10.0. The summed E-state index contributed by atoms with van der Waals surface area (Å²) in [5, 5.41) is 2.80. The highest BCUT2D eigenvalue weighted by Crippen LogP contribution is 2.45. The van der Waals surface area contributed by atoms with Crippen LogP contribution in [-0.2, 0) is 13.3 Å². The molecular weight excluding hydrogens is 371 g/mol. The first-order chi connectivity index (χ1) is 13.2. The molecule has 0 heterocycles. The Bertz CT molecular complexity index is 582. The minimum absolute atomic E-state index is 0.445. The summed E-state index contributed by atoms with van der Waals surface area (Å²) < 4.78 is 18.5. The maximum absolute atomic E-state index is 6.17. The molecule has 0 aromatic heterocycles. The maximum Gasteiger partial charge on any atom is 0.501 e. The Morgan fingerprint density at radius 3 is 1.44 bits per heavy atom. The zero-order chi connectivity index (χ0) is 19.5. The number of hydrogen-bond acceptors (Lipinski definition) is 3. The Labute approximate surface area is 167 Å². The van der Waals surface area contributed by atoms with E-state index in [2.05, 4.69) is 67.6 Å². The molecule has 2 aromatic carbocycles. The fourth-order valence-corrected chi connectivity index (χ4v) is 10.1. The molecule has 0 N–H and O–H groups in total. The largest absolute Gasteiger partial charge is 0.501 e. The molecule has 27 heavy (non-hydrogen) atoms. The highest BCUT2D eigenvalue weighted by Gasteiger charge is 2.44. The molecule has 148 valence electrons. The van der Waals surface area contributed by atoms with Gasteiger partial charge in [0.15, 0.2) is 0 Å². The summed E-state index contributed by atoms with van der Waals surface area (Å²) in [6.07, 6.45) is 1.07. The van der Waals surface area contributed by atoms with Crippen LogP contribution >= 0.6 is 7.92 Å². The van der Waals surface area contributed by atoms with Gasteiger partial charge in [0, 0.05) is 25.9 Å². The predicted molar refractivity (Wildman–Crippen MR) is 119 cm³/mol. The average molecular weight is 405 g/mol. The van der Waals surface area contributed by atoms with Gasteiger partial charge >= 0.3 is 8.80 Å². The molecule has 2 rings (SSSR count). The van der Waals surface area contributed by atoms with E-state index < -0.39 is 16.7 Å². The van der Waals surface area contributed by atoms with Crippen molar-refractivity contribution in [3.63, 3.8) is 0 Å². The molecular formula is C22H33O3PSi. The van der Waals surface area contributed by atoms with Crippen LogP contribution in [0.25, 0.3) is 0 Å². The van der Waals surface area contributed by atoms with Gasteiger partial charge in [0.25, 0.3) is 0 Å². The Kier molecular flexibility index (Phi) is 9.67. The van der Waals surface area contributed by atoms with Crippen LogP contribution in [0.1, 0.15) is 34.1 Å². The lowest BCUT2D eigenvalue weighted by atomic mass is 10.3. The normalized spacial score (nSPS) is 13.1. The molecule has 0 aliphatic carbocycles. The maximum atomic E-state index is 6.17. The lowest BCUT2D eigenvalue weighted by Crippen LogP contribution is -2.48. The van der Waals surface area contributed by atoms with Crippen LogP contribution in [0.3, 0.4) is 0 Å². The van der Waals surface area contributed by atoms with Gasteiger partial charge in [-0.25, -0.2) is 0 Å². The van der Waals surface area contributed by atoms with E-state index in [1.165, 1.54) is 10.6 Å². The molecule has 0 saturated carbocycles. The molecule has 2 aromatic rings. The summed E-state index contributed by atoms with van der Waals surface area (Å²) in [4.78, 5) is 0. The molecule has 0 spiro atoms. The molecule has 5 heteroatoms. The van der Waals surface area contributed by atoms with E-state index in [4.69, 9.17) is 13.3 Å². The Balaban J connectivity index is 2.41. The fourth-order valence-electron chi connectivity index (χ4n) is 3.42. The minimum atomic E-state index is -2.69. The third-order valence-corrected chi connectivity index (χ3v) is 11.0. The van der Waals surface area contributed by atoms with Crippen molar-refractivity contribution in [1.29, 1.82) is 0 Å². The van der Waals surface area contributed by atoms with Crippen molar-refractivity contribution in [3.8, 4) is 0 Å². The summed E-state index contributed by atoms with van der Waals surface area (Å²) in [7, 11) is -3.21. The van der Waals surface area contributed by atoms with Gasteiger partial charge in [0.2, 0.25) is 0 Å². The second kappa shape index (κ2) is 11.7. The second-order valence-electron chi connectivity index (χ2n) is 6.29. The van der Waals surface area contributed by atoms with E-state index in [1.54, 1.807) is 0 Å². The van der Waals surface area contributed by atoms with Gasteiger partial charge in [0.05, 0.1) is 0 Å². The van der Waals surface area contributed by atoms with Gasteiger partial charge in [0.1, 0.15) is 0 Å². The zero-order valence-corrected chi connectivity index (χ0v) is 19.0. The molecule has 0 aliphatic heterocycles. The highest BCUT2D eigenvalue weighted by atomic mass is 31.1. The van der Waals surface area contributed by atoms with Crippen LogP contribution in [0.2, 0.25) is 6.04 Å². The second-order valence-corrected chi connectivity index (χ2v) is 11.4. The molecule has 1 atom stereocenters. The number of benzene rings is 2. The van der Waals surface area contributed by atoms with Crippen molar-refractivity contribution in [1.82, 2.24) is 0 Å². The van der Waals surface area contributed by atoms with Gasteiger partial charge in [-0.3, -0.25) is 0 Å². The van der Waals surface area contributed by atoms with Crippen LogP contribution in [-0.4, -0.2) is 34.3 Å². The van der Waals surface area contributed by atoms with E-state index in [0.29, 0.717) is 25.5 Å². The number of rotatable bonds is 12. The third-order valence-electron chi connectivity index (χ3n) is 4.48. The van der Waals surface area contributed by atoms with Crippen molar-refractivity contribution < 1.29 is 13.3 Å². The van der Waals surface area contributed by atoms with Gasteiger partial charge in [-0.15, -0.1) is 0 Å².